The number of rotatable bonds is 4. The minimum absolute atomic E-state index is 0.0394. The number of benzene rings is 1. The van der Waals surface area contributed by atoms with E-state index in [0.717, 1.165) is 12.1 Å². The molecule has 1 heterocycles. The van der Waals surface area contributed by atoms with Gasteiger partial charge in [0.25, 0.3) is 0 Å². The second kappa shape index (κ2) is 6.12. The van der Waals surface area contributed by atoms with Gasteiger partial charge in [-0.2, -0.15) is 0 Å². The van der Waals surface area contributed by atoms with Crippen molar-refractivity contribution < 1.29 is 19.0 Å². The highest BCUT2D eigenvalue weighted by Crippen LogP contribution is 2.25. The van der Waals surface area contributed by atoms with Crippen LogP contribution in [0.3, 0.4) is 0 Å². The number of carbonyl (C=O) groups is 1. The SMILES string of the molecule is C[C@H]1CN(CCC(=O)O)C[C@H](c2ccc(F)cc2)O1. The zero-order chi connectivity index (χ0) is 13.8. The topological polar surface area (TPSA) is 49.8 Å². The Morgan fingerprint density at radius 2 is 2.11 bits per heavy atom. The van der Waals surface area contributed by atoms with E-state index < -0.39 is 5.97 Å². The van der Waals surface area contributed by atoms with E-state index in [4.69, 9.17) is 9.84 Å². The van der Waals surface area contributed by atoms with Crippen molar-refractivity contribution in [3.8, 4) is 0 Å². The maximum absolute atomic E-state index is 12.9. The van der Waals surface area contributed by atoms with E-state index in [1.54, 1.807) is 12.1 Å². The van der Waals surface area contributed by atoms with Gasteiger partial charge in [-0.05, 0) is 24.6 Å². The summed E-state index contributed by atoms with van der Waals surface area (Å²) in [4.78, 5) is 12.7. The first-order valence-electron chi connectivity index (χ1n) is 6.39. The molecule has 0 unspecified atom stereocenters. The van der Waals surface area contributed by atoms with Crippen LogP contribution in [0.2, 0.25) is 0 Å². The predicted molar refractivity (Wildman–Crippen MR) is 68.4 cm³/mol. The molecular weight excluding hydrogens is 249 g/mol. The van der Waals surface area contributed by atoms with Crippen LogP contribution < -0.4 is 0 Å². The van der Waals surface area contributed by atoms with Crippen LogP contribution in [0, 0.1) is 5.82 Å². The maximum atomic E-state index is 12.9. The molecule has 0 aromatic heterocycles. The van der Waals surface area contributed by atoms with Gasteiger partial charge < -0.3 is 9.84 Å². The molecule has 5 heteroatoms. The van der Waals surface area contributed by atoms with Crippen LogP contribution in [-0.4, -0.2) is 41.7 Å². The van der Waals surface area contributed by atoms with Gasteiger partial charge in [0.15, 0.2) is 0 Å². The first-order chi connectivity index (χ1) is 9.04. The third kappa shape index (κ3) is 4.01. The molecule has 2 rings (SSSR count). The monoisotopic (exact) mass is 267 g/mol. The van der Waals surface area contributed by atoms with Crippen LogP contribution in [0.1, 0.15) is 25.0 Å². The summed E-state index contributed by atoms with van der Waals surface area (Å²) >= 11 is 0. The summed E-state index contributed by atoms with van der Waals surface area (Å²) in [7, 11) is 0. The van der Waals surface area contributed by atoms with E-state index >= 15 is 0 Å². The van der Waals surface area contributed by atoms with Gasteiger partial charge in [-0.25, -0.2) is 4.39 Å². The highest BCUT2D eigenvalue weighted by atomic mass is 19.1. The van der Waals surface area contributed by atoms with Crippen LogP contribution in [0.4, 0.5) is 4.39 Å². The van der Waals surface area contributed by atoms with E-state index in [1.807, 2.05) is 6.92 Å². The molecule has 0 radical (unpaired) electrons. The number of hydrogen-bond donors (Lipinski definition) is 1. The molecule has 0 spiro atoms. The van der Waals surface area contributed by atoms with Gasteiger partial charge in [-0.3, -0.25) is 9.69 Å². The van der Waals surface area contributed by atoms with E-state index in [1.165, 1.54) is 12.1 Å². The quantitative estimate of drug-likeness (QED) is 0.907. The van der Waals surface area contributed by atoms with Gasteiger partial charge in [0.2, 0.25) is 0 Å². The first-order valence-corrected chi connectivity index (χ1v) is 6.39. The van der Waals surface area contributed by atoms with Gasteiger partial charge >= 0.3 is 5.97 Å². The maximum Gasteiger partial charge on any atom is 0.304 e. The van der Waals surface area contributed by atoms with Crippen molar-refractivity contribution in [2.24, 2.45) is 0 Å². The lowest BCUT2D eigenvalue weighted by molar-refractivity contribution is -0.138. The number of carboxylic acid groups (broad SMARTS) is 1. The van der Waals surface area contributed by atoms with Gasteiger partial charge in [-0.15, -0.1) is 0 Å². The number of carboxylic acids is 1. The fraction of sp³-hybridized carbons (Fsp3) is 0.500. The van der Waals surface area contributed by atoms with Crippen molar-refractivity contribution in [1.82, 2.24) is 4.90 Å². The van der Waals surface area contributed by atoms with Crippen molar-refractivity contribution in [2.45, 2.75) is 25.6 Å². The molecule has 2 atom stereocenters. The predicted octanol–water partition coefficient (Wildman–Crippen LogP) is 2.06. The Morgan fingerprint density at radius 1 is 1.42 bits per heavy atom. The van der Waals surface area contributed by atoms with Crippen LogP contribution in [0.25, 0.3) is 0 Å². The molecule has 1 fully saturated rings. The van der Waals surface area contributed by atoms with Crippen LogP contribution >= 0.6 is 0 Å². The second-order valence-electron chi connectivity index (χ2n) is 4.89. The Labute approximate surface area is 111 Å². The molecule has 104 valence electrons. The lowest BCUT2D eigenvalue weighted by Crippen LogP contribution is -2.43. The third-order valence-corrected chi connectivity index (χ3v) is 3.22. The molecule has 1 N–H and O–H groups in total. The Kier molecular flexibility index (Phi) is 4.50. The van der Waals surface area contributed by atoms with Crippen molar-refractivity contribution >= 4 is 5.97 Å². The largest absolute Gasteiger partial charge is 0.481 e. The number of morpholine rings is 1. The smallest absolute Gasteiger partial charge is 0.304 e. The zero-order valence-corrected chi connectivity index (χ0v) is 10.9. The Balaban J connectivity index is 2.00. The molecule has 1 saturated heterocycles. The van der Waals surface area contributed by atoms with Gasteiger partial charge in [-0.1, -0.05) is 12.1 Å². The number of ether oxygens (including phenoxy) is 1. The molecule has 1 aliphatic rings. The average Bonchev–Trinajstić information content (AvgIpc) is 2.36. The number of aliphatic carboxylic acids is 1. The molecule has 19 heavy (non-hydrogen) atoms. The number of hydrogen-bond acceptors (Lipinski definition) is 3. The molecule has 0 bridgehead atoms. The third-order valence-electron chi connectivity index (χ3n) is 3.22. The van der Waals surface area contributed by atoms with Crippen molar-refractivity contribution in [1.29, 1.82) is 0 Å². The lowest BCUT2D eigenvalue weighted by Gasteiger charge is -2.36. The highest BCUT2D eigenvalue weighted by Gasteiger charge is 2.26. The summed E-state index contributed by atoms with van der Waals surface area (Å²) in [6, 6.07) is 6.26. The summed E-state index contributed by atoms with van der Waals surface area (Å²) in [6.07, 6.45) is 0.0406. The first kappa shape index (κ1) is 14.0. The molecular formula is C14H18FNO3. The van der Waals surface area contributed by atoms with Crippen molar-refractivity contribution in [3.05, 3.63) is 35.6 Å². The minimum atomic E-state index is -0.794. The van der Waals surface area contributed by atoms with E-state index in [2.05, 4.69) is 4.90 Å². The van der Waals surface area contributed by atoms with Crippen LogP contribution in [-0.2, 0) is 9.53 Å². The Morgan fingerprint density at radius 3 is 2.74 bits per heavy atom. The van der Waals surface area contributed by atoms with Crippen LogP contribution in [0.15, 0.2) is 24.3 Å². The zero-order valence-electron chi connectivity index (χ0n) is 10.9. The summed E-state index contributed by atoms with van der Waals surface area (Å²) < 4.78 is 18.7. The van der Waals surface area contributed by atoms with Gasteiger partial charge in [0.1, 0.15) is 5.82 Å². The Hall–Kier alpha value is -1.46. The molecule has 4 nitrogen and oxygen atoms in total. The number of nitrogens with zero attached hydrogens (tertiary/aromatic N) is 1. The summed E-state index contributed by atoms with van der Waals surface area (Å²) in [5.41, 5.74) is 0.924. The normalized spacial score (nSPS) is 24.3. The summed E-state index contributed by atoms with van der Waals surface area (Å²) in [5, 5.41) is 8.72. The summed E-state index contributed by atoms with van der Waals surface area (Å²) in [5.74, 6) is -1.06. The second-order valence-corrected chi connectivity index (χ2v) is 4.89. The lowest BCUT2D eigenvalue weighted by atomic mass is 10.1. The standard InChI is InChI=1S/C14H18FNO3/c1-10-8-16(7-6-14(17)18)9-13(19-10)11-2-4-12(15)5-3-11/h2-5,10,13H,6-9H2,1H3,(H,17,18)/t10-,13+/m0/s1. The van der Waals surface area contributed by atoms with E-state index in [-0.39, 0.29) is 24.4 Å². The molecule has 0 amide bonds. The highest BCUT2D eigenvalue weighted by molar-refractivity contribution is 5.66. The number of halogens is 1. The minimum Gasteiger partial charge on any atom is -0.481 e. The molecule has 0 saturated carbocycles. The van der Waals surface area contributed by atoms with Gasteiger partial charge in [0.05, 0.1) is 18.6 Å². The molecule has 1 aliphatic heterocycles. The average molecular weight is 267 g/mol. The van der Waals surface area contributed by atoms with Crippen molar-refractivity contribution in [2.75, 3.05) is 19.6 Å². The molecule has 1 aromatic rings. The fourth-order valence-corrected chi connectivity index (χ4v) is 2.34. The van der Waals surface area contributed by atoms with E-state index in [0.29, 0.717) is 13.1 Å². The van der Waals surface area contributed by atoms with Crippen LogP contribution in [0.5, 0.6) is 0 Å². The molecule has 1 aromatic carbocycles. The van der Waals surface area contributed by atoms with Gasteiger partial charge in [0, 0.05) is 19.6 Å². The summed E-state index contributed by atoms with van der Waals surface area (Å²) in [6.45, 7) is 3.85. The molecule has 0 aliphatic carbocycles. The Bertz CT molecular complexity index is 435. The fourth-order valence-electron chi connectivity index (χ4n) is 2.34. The van der Waals surface area contributed by atoms with E-state index in [9.17, 15) is 9.18 Å². The van der Waals surface area contributed by atoms with Crippen molar-refractivity contribution in [3.63, 3.8) is 0 Å².